The fraction of sp³-hybridized carbons (Fsp3) is 0.942. The molecule has 0 fully saturated rings. The topological polar surface area (TPSA) is 78.9 Å². The van der Waals surface area contributed by atoms with Crippen LogP contribution in [0.5, 0.6) is 0 Å². The lowest BCUT2D eigenvalue weighted by Crippen LogP contribution is -2.30. The molecule has 0 aliphatic carbocycles. The van der Waals surface area contributed by atoms with Gasteiger partial charge in [0.2, 0.25) is 0 Å². The number of hydrogen-bond acceptors (Lipinski definition) is 6. The van der Waals surface area contributed by atoms with Crippen LogP contribution in [0.25, 0.3) is 0 Å². The number of rotatable bonds is 45. The van der Waals surface area contributed by atoms with Gasteiger partial charge in [-0.3, -0.25) is 14.4 Å². The summed E-state index contributed by atoms with van der Waals surface area (Å²) in [6, 6.07) is 0. The summed E-state index contributed by atoms with van der Waals surface area (Å²) in [5, 5.41) is 0. The highest BCUT2D eigenvalue weighted by molar-refractivity contribution is 5.71. The Morgan fingerprint density at radius 3 is 0.897 bits per heavy atom. The summed E-state index contributed by atoms with van der Waals surface area (Å²) in [7, 11) is 0. The third kappa shape index (κ3) is 42.5. The zero-order valence-electron chi connectivity index (χ0n) is 39.8. The third-order valence-corrected chi connectivity index (χ3v) is 12.4. The van der Waals surface area contributed by atoms with Crippen LogP contribution >= 0.6 is 0 Å². The van der Waals surface area contributed by atoms with E-state index < -0.39 is 6.10 Å². The molecule has 0 spiro atoms. The van der Waals surface area contributed by atoms with E-state index in [1.807, 2.05) is 0 Å². The molecule has 0 saturated carbocycles. The molecular weight excluding hydrogens is 721 g/mol. The lowest BCUT2D eigenvalue weighted by molar-refractivity contribution is -0.167. The van der Waals surface area contributed by atoms with Gasteiger partial charge in [0.05, 0.1) is 0 Å². The van der Waals surface area contributed by atoms with E-state index in [2.05, 4.69) is 41.5 Å². The Morgan fingerprint density at radius 1 is 0.345 bits per heavy atom. The molecule has 3 atom stereocenters. The molecule has 0 saturated heterocycles. The van der Waals surface area contributed by atoms with Crippen molar-refractivity contribution in [3.8, 4) is 0 Å². The minimum atomic E-state index is -0.763. The second-order valence-electron chi connectivity index (χ2n) is 18.8. The van der Waals surface area contributed by atoms with Gasteiger partial charge in [0, 0.05) is 19.3 Å². The number of carbonyl (C=O) groups is 3. The highest BCUT2D eigenvalue weighted by Gasteiger charge is 2.19. The van der Waals surface area contributed by atoms with Gasteiger partial charge in [-0.05, 0) is 37.0 Å². The van der Waals surface area contributed by atoms with Crippen molar-refractivity contribution in [1.29, 1.82) is 0 Å². The Bertz CT molecular complexity index is 902. The van der Waals surface area contributed by atoms with Crippen molar-refractivity contribution in [3.05, 3.63) is 0 Å². The molecule has 0 aliphatic rings. The maximum absolute atomic E-state index is 12.7. The molecule has 0 aromatic carbocycles. The fourth-order valence-corrected chi connectivity index (χ4v) is 7.70. The van der Waals surface area contributed by atoms with Gasteiger partial charge >= 0.3 is 17.9 Å². The Balaban J connectivity index is 4.26. The predicted octanol–water partition coefficient (Wildman–Crippen LogP) is 16.4. The first-order chi connectivity index (χ1) is 28.2. The SMILES string of the molecule is CCC(C)CCCCCCCCCCCCCCCCC(=O)OC[C@@H](COC(=O)CCCCCCCCCCC(C)CC)OC(=O)CCCCCCCCCC(C)C. The van der Waals surface area contributed by atoms with Crippen LogP contribution < -0.4 is 0 Å². The van der Waals surface area contributed by atoms with E-state index in [-0.39, 0.29) is 31.1 Å². The van der Waals surface area contributed by atoms with E-state index in [1.54, 1.807) is 0 Å². The number of carbonyl (C=O) groups excluding carboxylic acids is 3. The molecule has 0 N–H and O–H groups in total. The molecule has 0 aromatic heterocycles. The summed E-state index contributed by atoms with van der Waals surface area (Å²) in [5.41, 5.74) is 0. The summed E-state index contributed by atoms with van der Waals surface area (Å²) < 4.78 is 16.8. The minimum absolute atomic E-state index is 0.0657. The highest BCUT2D eigenvalue weighted by atomic mass is 16.6. The van der Waals surface area contributed by atoms with Crippen molar-refractivity contribution in [2.45, 2.75) is 285 Å². The van der Waals surface area contributed by atoms with Gasteiger partial charge in [-0.2, -0.15) is 0 Å². The van der Waals surface area contributed by atoms with Crippen LogP contribution in [-0.4, -0.2) is 37.2 Å². The van der Waals surface area contributed by atoms with Crippen LogP contribution in [0, 0.1) is 17.8 Å². The van der Waals surface area contributed by atoms with E-state index in [0.29, 0.717) is 19.3 Å². The van der Waals surface area contributed by atoms with E-state index in [1.165, 1.54) is 161 Å². The monoisotopic (exact) mass is 821 g/mol. The summed E-state index contributed by atoms with van der Waals surface area (Å²) in [5.74, 6) is 1.66. The Kier molecular flexibility index (Phi) is 42.3. The Morgan fingerprint density at radius 2 is 0.603 bits per heavy atom. The number of ether oxygens (including phenoxy) is 3. The van der Waals surface area contributed by atoms with Crippen LogP contribution in [0.4, 0.5) is 0 Å². The number of unbranched alkanes of at least 4 members (excludes halogenated alkanes) is 26. The molecule has 0 aliphatic heterocycles. The summed E-state index contributed by atoms with van der Waals surface area (Å²) >= 11 is 0. The van der Waals surface area contributed by atoms with Crippen LogP contribution in [0.1, 0.15) is 279 Å². The van der Waals surface area contributed by atoms with Gasteiger partial charge in [0.15, 0.2) is 6.10 Å². The second-order valence-corrected chi connectivity index (χ2v) is 18.8. The van der Waals surface area contributed by atoms with Crippen molar-refractivity contribution in [3.63, 3.8) is 0 Å². The van der Waals surface area contributed by atoms with Gasteiger partial charge < -0.3 is 14.2 Å². The molecule has 2 unspecified atom stereocenters. The van der Waals surface area contributed by atoms with Crippen LogP contribution in [0.15, 0.2) is 0 Å². The third-order valence-electron chi connectivity index (χ3n) is 12.4. The predicted molar refractivity (Wildman–Crippen MR) is 247 cm³/mol. The number of esters is 3. The zero-order valence-corrected chi connectivity index (χ0v) is 39.8. The smallest absolute Gasteiger partial charge is 0.306 e. The van der Waals surface area contributed by atoms with E-state index in [4.69, 9.17) is 14.2 Å². The first-order valence-electron chi connectivity index (χ1n) is 25.7. The molecule has 6 nitrogen and oxygen atoms in total. The largest absolute Gasteiger partial charge is 0.462 e. The first kappa shape index (κ1) is 56.4. The maximum Gasteiger partial charge on any atom is 0.306 e. The first-order valence-corrected chi connectivity index (χ1v) is 25.7. The average molecular weight is 821 g/mol. The molecule has 344 valence electrons. The van der Waals surface area contributed by atoms with Gasteiger partial charge in [0.1, 0.15) is 13.2 Å². The molecule has 0 bridgehead atoms. The summed E-state index contributed by atoms with van der Waals surface area (Å²) in [6.07, 6.45) is 42.3. The standard InChI is InChI=1S/C52H100O6/c1-7-47(5)39-33-27-21-15-13-11-9-10-12-14-16-23-29-35-41-50(53)56-44-49(58-52(55)43-37-31-25-19-20-26-32-38-46(3)4)45-57-51(54)42-36-30-24-18-17-22-28-34-40-48(6)8-2/h46-49H,7-45H2,1-6H3/t47?,48?,49-/m0/s1. The van der Waals surface area contributed by atoms with Crippen molar-refractivity contribution >= 4 is 17.9 Å². The lowest BCUT2D eigenvalue weighted by atomic mass is 9.99. The molecule has 0 heterocycles. The quantitative estimate of drug-likeness (QED) is 0.0346. The van der Waals surface area contributed by atoms with E-state index >= 15 is 0 Å². The summed E-state index contributed by atoms with van der Waals surface area (Å²) in [4.78, 5) is 37.9. The average Bonchev–Trinajstić information content (AvgIpc) is 3.21. The highest BCUT2D eigenvalue weighted by Crippen LogP contribution is 2.18. The lowest BCUT2D eigenvalue weighted by Gasteiger charge is -2.18. The molecular formula is C52H100O6. The molecule has 58 heavy (non-hydrogen) atoms. The Labute approximate surface area is 361 Å². The van der Waals surface area contributed by atoms with Gasteiger partial charge in [-0.25, -0.2) is 0 Å². The minimum Gasteiger partial charge on any atom is -0.462 e. The second kappa shape index (κ2) is 43.5. The van der Waals surface area contributed by atoms with Crippen LogP contribution in [0.2, 0.25) is 0 Å². The van der Waals surface area contributed by atoms with Gasteiger partial charge in [-0.15, -0.1) is 0 Å². The van der Waals surface area contributed by atoms with E-state index in [9.17, 15) is 14.4 Å². The molecule has 0 amide bonds. The van der Waals surface area contributed by atoms with Crippen molar-refractivity contribution in [2.75, 3.05) is 13.2 Å². The van der Waals surface area contributed by atoms with Crippen LogP contribution in [-0.2, 0) is 28.6 Å². The zero-order chi connectivity index (χ0) is 42.7. The molecule has 0 rings (SSSR count). The van der Waals surface area contributed by atoms with Gasteiger partial charge in [-0.1, -0.05) is 241 Å². The van der Waals surface area contributed by atoms with Crippen molar-refractivity contribution in [2.24, 2.45) is 17.8 Å². The number of hydrogen-bond donors (Lipinski definition) is 0. The van der Waals surface area contributed by atoms with Crippen LogP contribution in [0.3, 0.4) is 0 Å². The maximum atomic E-state index is 12.7. The van der Waals surface area contributed by atoms with Crippen molar-refractivity contribution < 1.29 is 28.6 Å². The van der Waals surface area contributed by atoms with Crippen molar-refractivity contribution in [1.82, 2.24) is 0 Å². The molecule has 0 aromatic rings. The van der Waals surface area contributed by atoms with Gasteiger partial charge in [0.25, 0.3) is 0 Å². The van der Waals surface area contributed by atoms with E-state index in [0.717, 1.165) is 75.5 Å². The summed E-state index contributed by atoms with van der Waals surface area (Å²) in [6.45, 7) is 13.7. The molecule has 0 radical (unpaired) electrons. The normalized spacial score (nSPS) is 13.1. The fourth-order valence-electron chi connectivity index (χ4n) is 7.70. The molecule has 6 heteroatoms. The Hall–Kier alpha value is -1.59.